The number of nitrogens with zero attached hydrogens (tertiary/aromatic N) is 1. The summed E-state index contributed by atoms with van der Waals surface area (Å²) in [5, 5.41) is 16.1. The fraction of sp³-hybridized carbons (Fsp3) is 0.611. The van der Waals surface area contributed by atoms with Gasteiger partial charge in [0.1, 0.15) is 5.75 Å². The van der Waals surface area contributed by atoms with Crippen LogP contribution in [0.1, 0.15) is 112 Å². The van der Waals surface area contributed by atoms with Gasteiger partial charge < -0.3 is 26.4 Å². The highest BCUT2D eigenvalue weighted by Gasteiger charge is 2.32. The molecule has 0 radical (unpaired) electrons. The number of nitrogens with one attached hydrogen (secondary N) is 2. The van der Waals surface area contributed by atoms with Crippen molar-refractivity contribution in [2.45, 2.75) is 113 Å². The van der Waals surface area contributed by atoms with Gasteiger partial charge in [-0.3, -0.25) is 9.59 Å². The molecule has 240 valence electrons. The lowest BCUT2D eigenvalue weighted by atomic mass is 9.79. The Balaban J connectivity index is 0.00000119. The van der Waals surface area contributed by atoms with Crippen LogP contribution >= 0.6 is 0 Å². The van der Waals surface area contributed by atoms with E-state index < -0.39 is 0 Å². The average molecular weight is 595 g/mol. The summed E-state index contributed by atoms with van der Waals surface area (Å²) in [6.45, 7) is 20.4. The minimum absolute atomic E-state index is 0.0848. The smallest absolute Gasteiger partial charge is 0.256 e. The molecule has 7 nitrogen and oxygen atoms in total. The lowest BCUT2D eigenvalue weighted by Gasteiger charge is -2.27. The molecular formula is C36H58N4O3. The molecule has 0 spiro atoms. The topological polar surface area (TPSA) is 108 Å². The van der Waals surface area contributed by atoms with Crippen LogP contribution in [0.25, 0.3) is 5.57 Å². The van der Waals surface area contributed by atoms with E-state index in [2.05, 4.69) is 57.1 Å². The van der Waals surface area contributed by atoms with Crippen molar-refractivity contribution in [3.8, 4) is 5.75 Å². The Hall–Kier alpha value is -2.90. The van der Waals surface area contributed by atoms with Gasteiger partial charge in [-0.2, -0.15) is 0 Å². The number of aromatic hydroxyl groups is 1. The number of phenols is 1. The molecule has 1 aromatic carbocycles. The van der Waals surface area contributed by atoms with Crippen molar-refractivity contribution >= 4 is 23.1 Å². The lowest BCUT2D eigenvalue weighted by Crippen LogP contribution is -2.46. The molecular weight excluding hydrogens is 536 g/mol. The largest absolute Gasteiger partial charge is 0.508 e. The van der Waals surface area contributed by atoms with Crippen molar-refractivity contribution in [2.75, 3.05) is 31.5 Å². The number of amides is 2. The number of hydrogen-bond donors (Lipinski definition) is 4. The Morgan fingerprint density at radius 3 is 2.33 bits per heavy atom. The number of anilines is 1. The van der Waals surface area contributed by atoms with Gasteiger partial charge in [0.15, 0.2) is 0 Å². The molecule has 1 aromatic rings. The maximum Gasteiger partial charge on any atom is 0.256 e. The highest BCUT2D eigenvalue weighted by atomic mass is 16.3. The highest BCUT2D eigenvalue weighted by Crippen LogP contribution is 2.43. The first-order chi connectivity index (χ1) is 20.5. The van der Waals surface area contributed by atoms with Crippen LogP contribution in [0, 0.1) is 5.92 Å². The van der Waals surface area contributed by atoms with Crippen molar-refractivity contribution in [1.82, 2.24) is 10.2 Å². The van der Waals surface area contributed by atoms with E-state index in [-0.39, 0.29) is 23.6 Å². The number of carbonyl (C=O) groups excluding carboxylic acids is 2. The number of benzene rings is 1. The van der Waals surface area contributed by atoms with E-state index in [0.29, 0.717) is 17.8 Å². The Bertz CT molecular complexity index is 1190. The molecule has 0 bridgehead atoms. The van der Waals surface area contributed by atoms with Crippen LogP contribution < -0.4 is 16.4 Å². The summed E-state index contributed by atoms with van der Waals surface area (Å²) in [7, 11) is 0. The van der Waals surface area contributed by atoms with Crippen molar-refractivity contribution < 1.29 is 14.7 Å². The zero-order valence-corrected chi connectivity index (χ0v) is 28.2. The molecule has 2 aliphatic rings. The van der Waals surface area contributed by atoms with Gasteiger partial charge in [-0.05, 0) is 106 Å². The molecule has 0 aromatic heterocycles. The molecule has 1 aliphatic carbocycles. The standard InChI is InChI=1S/C31H46N4O3.C5H12/c1-6-10-20(4)28(30(37)33-18-22(32)19-35(15-7-2)16-8-3)24-11-9-12-25(21(24)5)29-26-17-23(36)13-14-27(26)34-31(29)38;1-4-5(2)3/h13-14,17,22,36H,6-12,15-16,18-19,32H2,1-5H3,(H,33,37)(H,34,38);5H,4H2,1-3H3/b28-20+,29-25-;. The van der Waals surface area contributed by atoms with Crippen molar-refractivity contribution in [3.05, 3.63) is 51.6 Å². The van der Waals surface area contributed by atoms with Crippen molar-refractivity contribution in [1.29, 1.82) is 0 Å². The molecule has 0 saturated heterocycles. The second-order valence-corrected chi connectivity index (χ2v) is 12.5. The van der Waals surface area contributed by atoms with Gasteiger partial charge >= 0.3 is 0 Å². The Morgan fingerprint density at radius 2 is 1.74 bits per heavy atom. The number of rotatable bonds is 13. The maximum atomic E-state index is 13.7. The Morgan fingerprint density at radius 1 is 1.09 bits per heavy atom. The number of carbonyl (C=O) groups is 2. The van der Waals surface area contributed by atoms with Gasteiger partial charge in [-0.25, -0.2) is 0 Å². The summed E-state index contributed by atoms with van der Waals surface area (Å²) in [5.74, 6) is 0.771. The zero-order valence-electron chi connectivity index (χ0n) is 28.2. The summed E-state index contributed by atoms with van der Waals surface area (Å²) < 4.78 is 0. The summed E-state index contributed by atoms with van der Waals surface area (Å²) in [5.41, 5.74) is 13.2. The second kappa shape index (κ2) is 18.0. The fourth-order valence-corrected chi connectivity index (χ4v) is 5.80. The van der Waals surface area contributed by atoms with Gasteiger partial charge in [0, 0.05) is 36.0 Å². The van der Waals surface area contributed by atoms with E-state index in [9.17, 15) is 14.7 Å². The SMILES string of the molecule is CCC(C)C.CCC/C(C)=C(/C(=O)NCC(N)CN(CCC)CCC)C1=C(C)/C(=C2\C(=O)Nc3ccc(O)cc32)CCC1. The Kier molecular flexibility index (Phi) is 15.2. The average Bonchev–Trinajstić information content (AvgIpc) is 3.28. The van der Waals surface area contributed by atoms with Crippen LogP contribution in [0.15, 0.2) is 46.1 Å². The first-order valence-corrected chi connectivity index (χ1v) is 16.5. The number of hydrogen-bond acceptors (Lipinski definition) is 5. The first-order valence-electron chi connectivity index (χ1n) is 16.5. The van der Waals surface area contributed by atoms with E-state index in [1.807, 2.05) is 13.8 Å². The third kappa shape index (κ3) is 10.4. The van der Waals surface area contributed by atoms with Crippen LogP contribution in [0.3, 0.4) is 0 Å². The second-order valence-electron chi connectivity index (χ2n) is 12.5. The molecule has 5 N–H and O–H groups in total. The van der Waals surface area contributed by atoms with Gasteiger partial charge in [-0.1, -0.05) is 60.0 Å². The predicted molar refractivity (Wildman–Crippen MR) is 181 cm³/mol. The molecule has 2 amide bonds. The number of allylic oxidation sites excluding steroid dienone is 3. The lowest BCUT2D eigenvalue weighted by molar-refractivity contribution is -0.117. The molecule has 3 rings (SSSR count). The predicted octanol–water partition coefficient (Wildman–Crippen LogP) is 7.33. The van der Waals surface area contributed by atoms with Crippen LogP contribution in [0.5, 0.6) is 5.75 Å². The van der Waals surface area contributed by atoms with E-state index in [0.717, 1.165) is 104 Å². The molecule has 0 fully saturated rings. The van der Waals surface area contributed by atoms with Gasteiger partial charge in [0.05, 0.1) is 5.57 Å². The molecule has 1 unspecified atom stereocenters. The van der Waals surface area contributed by atoms with Crippen LogP contribution in [-0.4, -0.2) is 54.0 Å². The van der Waals surface area contributed by atoms with Gasteiger partial charge in [0.2, 0.25) is 0 Å². The van der Waals surface area contributed by atoms with Crippen molar-refractivity contribution in [3.63, 3.8) is 0 Å². The maximum absolute atomic E-state index is 13.7. The quantitative estimate of drug-likeness (QED) is 0.141. The van der Waals surface area contributed by atoms with Gasteiger partial charge in [0.25, 0.3) is 11.8 Å². The zero-order chi connectivity index (χ0) is 32.1. The number of nitrogens with two attached hydrogens (primary N) is 1. The molecule has 1 aliphatic heterocycles. The summed E-state index contributed by atoms with van der Waals surface area (Å²) in [4.78, 5) is 29.1. The number of fused-ring (bicyclic) bond motifs is 1. The summed E-state index contributed by atoms with van der Waals surface area (Å²) in [6.07, 6.45) is 7.63. The molecule has 0 saturated carbocycles. The third-order valence-electron chi connectivity index (χ3n) is 8.30. The minimum atomic E-state index is -0.156. The first kappa shape index (κ1) is 36.3. The number of phenolic OH excluding ortho intramolecular Hbond substituents is 1. The van der Waals surface area contributed by atoms with E-state index in [4.69, 9.17) is 5.73 Å². The van der Waals surface area contributed by atoms with Crippen LogP contribution in [0.4, 0.5) is 5.69 Å². The van der Waals surface area contributed by atoms with E-state index in [1.165, 1.54) is 6.42 Å². The molecule has 1 atom stereocenters. The fourth-order valence-electron chi connectivity index (χ4n) is 5.80. The van der Waals surface area contributed by atoms with E-state index in [1.54, 1.807) is 18.2 Å². The summed E-state index contributed by atoms with van der Waals surface area (Å²) in [6, 6.07) is 4.81. The monoisotopic (exact) mass is 594 g/mol. The molecule has 43 heavy (non-hydrogen) atoms. The Labute approximate surface area is 261 Å². The van der Waals surface area contributed by atoms with Crippen LogP contribution in [-0.2, 0) is 9.59 Å². The molecule has 7 heteroatoms. The van der Waals surface area contributed by atoms with E-state index >= 15 is 0 Å². The van der Waals surface area contributed by atoms with Gasteiger partial charge in [-0.15, -0.1) is 0 Å². The summed E-state index contributed by atoms with van der Waals surface area (Å²) >= 11 is 0. The van der Waals surface area contributed by atoms with Crippen molar-refractivity contribution in [2.24, 2.45) is 11.7 Å². The molecule has 1 heterocycles. The minimum Gasteiger partial charge on any atom is -0.508 e. The normalized spacial score (nSPS) is 17.8. The third-order valence-corrected chi connectivity index (χ3v) is 8.30. The van der Waals surface area contributed by atoms with Crippen LogP contribution in [0.2, 0.25) is 0 Å². The highest BCUT2D eigenvalue weighted by molar-refractivity contribution is 6.32.